The lowest BCUT2D eigenvalue weighted by Gasteiger charge is -2.44. The van der Waals surface area contributed by atoms with Gasteiger partial charge < -0.3 is 4.74 Å². The van der Waals surface area contributed by atoms with E-state index in [1.807, 2.05) is 0 Å². The predicted molar refractivity (Wildman–Crippen MR) is 65.5 cm³/mol. The molecule has 2 aliphatic rings. The first-order valence-corrected chi connectivity index (χ1v) is 6.56. The Morgan fingerprint density at radius 2 is 1.88 bits per heavy atom. The third-order valence-electron chi connectivity index (χ3n) is 4.10. The summed E-state index contributed by atoms with van der Waals surface area (Å²) in [5, 5.41) is 0. The van der Waals surface area contributed by atoms with Gasteiger partial charge in [-0.15, -0.1) is 0 Å². The Kier molecular flexibility index (Phi) is 2.51. The second-order valence-electron chi connectivity index (χ2n) is 5.34. The van der Waals surface area contributed by atoms with Gasteiger partial charge in [0.2, 0.25) is 0 Å². The van der Waals surface area contributed by atoms with Gasteiger partial charge >= 0.3 is 0 Å². The van der Waals surface area contributed by atoms with Crippen molar-refractivity contribution in [1.82, 2.24) is 0 Å². The Hall–Kier alpha value is -0.820. The monoisotopic (exact) mass is 216 g/mol. The fraction of sp³-hybridized carbons (Fsp3) is 0.600. The summed E-state index contributed by atoms with van der Waals surface area (Å²) in [6.07, 6.45) is 7.91. The summed E-state index contributed by atoms with van der Waals surface area (Å²) in [6, 6.07) is 8.89. The number of benzene rings is 1. The third-order valence-corrected chi connectivity index (χ3v) is 4.10. The van der Waals surface area contributed by atoms with E-state index in [9.17, 15) is 0 Å². The van der Waals surface area contributed by atoms with E-state index < -0.39 is 0 Å². The summed E-state index contributed by atoms with van der Waals surface area (Å²) in [4.78, 5) is 0. The van der Waals surface area contributed by atoms with Crippen molar-refractivity contribution in [2.45, 2.75) is 57.2 Å². The zero-order chi connectivity index (χ0) is 11.0. The molecule has 1 aliphatic heterocycles. The minimum Gasteiger partial charge on any atom is -0.367 e. The fourth-order valence-electron chi connectivity index (χ4n) is 3.45. The molecule has 0 bridgehead atoms. The standard InChI is InChI=1S/C15H20O/c1-12-11-13-7-3-4-8-14(13)15(16-12)9-5-2-6-10-15/h3-4,7-8,12H,2,5-6,9-11H2,1H3/t12-/m1/s1. The molecule has 0 saturated heterocycles. The molecule has 1 nitrogen and oxygen atoms in total. The molecule has 86 valence electrons. The SMILES string of the molecule is C[C@@H]1Cc2ccccc2C2(CCCCC2)O1. The van der Waals surface area contributed by atoms with Crippen LogP contribution in [0.25, 0.3) is 0 Å². The van der Waals surface area contributed by atoms with Crippen LogP contribution in [-0.2, 0) is 16.8 Å². The van der Waals surface area contributed by atoms with E-state index in [1.165, 1.54) is 43.2 Å². The average molecular weight is 216 g/mol. The Balaban J connectivity index is 2.05. The molecule has 1 aromatic carbocycles. The van der Waals surface area contributed by atoms with Crippen LogP contribution in [0, 0.1) is 0 Å². The maximum atomic E-state index is 6.34. The lowest BCUT2D eigenvalue weighted by molar-refractivity contribution is -0.124. The van der Waals surface area contributed by atoms with Crippen molar-refractivity contribution in [2.75, 3.05) is 0 Å². The summed E-state index contributed by atoms with van der Waals surface area (Å²) in [5.41, 5.74) is 3.06. The van der Waals surface area contributed by atoms with Crippen molar-refractivity contribution in [1.29, 1.82) is 0 Å². The molecule has 1 fully saturated rings. The van der Waals surface area contributed by atoms with Crippen LogP contribution in [0.2, 0.25) is 0 Å². The summed E-state index contributed by atoms with van der Waals surface area (Å²) in [5.74, 6) is 0. The highest BCUT2D eigenvalue weighted by Crippen LogP contribution is 2.45. The van der Waals surface area contributed by atoms with Crippen molar-refractivity contribution >= 4 is 0 Å². The van der Waals surface area contributed by atoms with Gasteiger partial charge in [-0.25, -0.2) is 0 Å². The molecule has 1 atom stereocenters. The molecule has 0 N–H and O–H groups in total. The van der Waals surface area contributed by atoms with Crippen molar-refractivity contribution < 1.29 is 4.74 Å². The van der Waals surface area contributed by atoms with Crippen molar-refractivity contribution in [3.05, 3.63) is 35.4 Å². The van der Waals surface area contributed by atoms with E-state index in [4.69, 9.17) is 4.74 Å². The van der Waals surface area contributed by atoms with E-state index in [-0.39, 0.29) is 5.60 Å². The zero-order valence-corrected chi connectivity index (χ0v) is 10.0. The van der Waals surface area contributed by atoms with Gasteiger partial charge in [-0.3, -0.25) is 0 Å². The Bertz CT molecular complexity index is 377. The highest BCUT2D eigenvalue weighted by molar-refractivity contribution is 5.35. The molecule has 16 heavy (non-hydrogen) atoms. The normalized spacial score (nSPS) is 27.7. The largest absolute Gasteiger partial charge is 0.367 e. The molecule has 1 heteroatoms. The van der Waals surface area contributed by atoms with E-state index in [0.29, 0.717) is 6.10 Å². The van der Waals surface area contributed by atoms with Gasteiger partial charge in [-0.1, -0.05) is 43.5 Å². The molecule has 1 spiro atoms. The van der Waals surface area contributed by atoms with Gasteiger partial charge in [0.1, 0.15) is 0 Å². The van der Waals surface area contributed by atoms with Gasteiger partial charge in [0.05, 0.1) is 11.7 Å². The Morgan fingerprint density at radius 3 is 2.69 bits per heavy atom. The molecule has 1 heterocycles. The Morgan fingerprint density at radius 1 is 1.12 bits per heavy atom. The molecule has 0 aromatic heterocycles. The average Bonchev–Trinajstić information content (AvgIpc) is 2.30. The van der Waals surface area contributed by atoms with Crippen LogP contribution < -0.4 is 0 Å². The summed E-state index contributed by atoms with van der Waals surface area (Å²) in [6.45, 7) is 2.21. The molecule has 1 aromatic rings. The molecule has 0 unspecified atom stereocenters. The molecular weight excluding hydrogens is 196 g/mol. The van der Waals surface area contributed by atoms with Crippen LogP contribution in [0.15, 0.2) is 24.3 Å². The van der Waals surface area contributed by atoms with E-state index >= 15 is 0 Å². The lowest BCUT2D eigenvalue weighted by Crippen LogP contribution is -2.40. The maximum absolute atomic E-state index is 6.34. The quantitative estimate of drug-likeness (QED) is 0.641. The van der Waals surface area contributed by atoms with E-state index in [1.54, 1.807) is 0 Å². The van der Waals surface area contributed by atoms with Gasteiger partial charge in [-0.2, -0.15) is 0 Å². The second kappa shape index (κ2) is 3.89. The summed E-state index contributed by atoms with van der Waals surface area (Å²) in [7, 11) is 0. The van der Waals surface area contributed by atoms with Gasteiger partial charge in [0.25, 0.3) is 0 Å². The number of hydrogen-bond donors (Lipinski definition) is 0. The minimum absolute atomic E-state index is 0.0620. The van der Waals surface area contributed by atoms with E-state index in [2.05, 4.69) is 31.2 Å². The van der Waals surface area contributed by atoms with Crippen LogP contribution in [0.1, 0.15) is 50.2 Å². The number of rotatable bonds is 0. The van der Waals surface area contributed by atoms with Crippen LogP contribution in [-0.4, -0.2) is 6.10 Å². The first kappa shape index (κ1) is 10.3. The van der Waals surface area contributed by atoms with Crippen molar-refractivity contribution in [3.63, 3.8) is 0 Å². The van der Waals surface area contributed by atoms with Crippen molar-refractivity contribution in [3.8, 4) is 0 Å². The van der Waals surface area contributed by atoms with Gasteiger partial charge in [-0.05, 0) is 37.3 Å². The second-order valence-corrected chi connectivity index (χ2v) is 5.34. The first-order chi connectivity index (χ1) is 7.80. The molecule has 1 saturated carbocycles. The number of fused-ring (bicyclic) bond motifs is 2. The molecule has 0 amide bonds. The number of ether oxygens (including phenoxy) is 1. The van der Waals surface area contributed by atoms with Crippen LogP contribution in [0.4, 0.5) is 0 Å². The molecular formula is C15H20O. The smallest absolute Gasteiger partial charge is 0.0937 e. The topological polar surface area (TPSA) is 9.23 Å². The maximum Gasteiger partial charge on any atom is 0.0937 e. The zero-order valence-electron chi connectivity index (χ0n) is 10.0. The van der Waals surface area contributed by atoms with E-state index in [0.717, 1.165) is 6.42 Å². The highest BCUT2D eigenvalue weighted by atomic mass is 16.5. The highest BCUT2D eigenvalue weighted by Gasteiger charge is 2.40. The minimum atomic E-state index is 0.0620. The predicted octanol–water partition coefficient (Wildman–Crippen LogP) is 3.81. The third kappa shape index (κ3) is 1.58. The lowest BCUT2D eigenvalue weighted by atomic mass is 9.75. The molecule has 1 aliphatic carbocycles. The van der Waals surface area contributed by atoms with Crippen molar-refractivity contribution in [2.24, 2.45) is 0 Å². The van der Waals surface area contributed by atoms with Crippen LogP contribution in [0.5, 0.6) is 0 Å². The van der Waals surface area contributed by atoms with Gasteiger partial charge in [0.15, 0.2) is 0 Å². The number of hydrogen-bond acceptors (Lipinski definition) is 1. The summed E-state index contributed by atoms with van der Waals surface area (Å²) >= 11 is 0. The molecule has 3 rings (SSSR count). The Labute approximate surface area is 97.8 Å². The fourth-order valence-corrected chi connectivity index (χ4v) is 3.45. The first-order valence-electron chi connectivity index (χ1n) is 6.56. The van der Waals surface area contributed by atoms with Crippen LogP contribution >= 0.6 is 0 Å². The van der Waals surface area contributed by atoms with Gasteiger partial charge in [0, 0.05) is 0 Å². The van der Waals surface area contributed by atoms with Crippen LogP contribution in [0.3, 0.4) is 0 Å². The molecule has 0 radical (unpaired) electrons. The summed E-state index contributed by atoms with van der Waals surface area (Å²) < 4.78 is 6.34.